The fourth-order valence-corrected chi connectivity index (χ4v) is 2.11. The highest BCUT2D eigenvalue weighted by Crippen LogP contribution is 2.08. The van der Waals surface area contributed by atoms with Crippen LogP contribution < -0.4 is 11.1 Å². The number of aliphatic imine (C=N–C) groups is 1. The molecule has 0 spiro atoms. The Morgan fingerprint density at radius 2 is 2.10 bits per heavy atom. The number of nitrogens with one attached hydrogen (secondary N) is 1. The molecular formula is C14H30N4O2. The summed E-state index contributed by atoms with van der Waals surface area (Å²) in [5.41, 5.74) is 5.59. The van der Waals surface area contributed by atoms with Crippen molar-refractivity contribution in [3.8, 4) is 0 Å². The number of guanidine groups is 1. The fourth-order valence-electron chi connectivity index (χ4n) is 2.11. The Labute approximate surface area is 122 Å². The maximum absolute atomic E-state index is 5.85. The highest BCUT2D eigenvalue weighted by Gasteiger charge is 2.16. The van der Waals surface area contributed by atoms with Crippen LogP contribution in [0.2, 0.25) is 0 Å². The Morgan fingerprint density at radius 3 is 2.75 bits per heavy atom. The van der Waals surface area contributed by atoms with Crippen molar-refractivity contribution in [1.82, 2.24) is 10.2 Å². The first-order valence-electron chi connectivity index (χ1n) is 7.51. The topological polar surface area (TPSA) is 72.1 Å². The molecule has 1 rings (SSSR count). The monoisotopic (exact) mass is 286 g/mol. The minimum atomic E-state index is -0.255. The lowest BCUT2D eigenvalue weighted by Gasteiger charge is -2.26. The van der Waals surface area contributed by atoms with E-state index in [4.69, 9.17) is 15.2 Å². The van der Waals surface area contributed by atoms with Gasteiger partial charge in [-0.15, -0.1) is 0 Å². The van der Waals surface area contributed by atoms with Gasteiger partial charge in [0.05, 0.1) is 25.4 Å². The van der Waals surface area contributed by atoms with Gasteiger partial charge in [-0.05, 0) is 33.7 Å². The number of hydrogen-bond donors (Lipinski definition) is 2. The van der Waals surface area contributed by atoms with Gasteiger partial charge < -0.3 is 20.5 Å². The van der Waals surface area contributed by atoms with Crippen LogP contribution in [0.5, 0.6) is 0 Å². The summed E-state index contributed by atoms with van der Waals surface area (Å²) in [4.78, 5) is 6.74. The summed E-state index contributed by atoms with van der Waals surface area (Å²) in [5.74, 6) is 0.500. The smallest absolute Gasteiger partial charge is 0.188 e. The molecule has 1 heterocycles. The minimum absolute atomic E-state index is 0.255. The van der Waals surface area contributed by atoms with Gasteiger partial charge in [0.2, 0.25) is 0 Å². The van der Waals surface area contributed by atoms with Gasteiger partial charge >= 0.3 is 0 Å². The highest BCUT2D eigenvalue weighted by atomic mass is 16.5. The van der Waals surface area contributed by atoms with E-state index in [9.17, 15) is 0 Å². The average molecular weight is 286 g/mol. The largest absolute Gasteiger partial charge is 0.379 e. The molecule has 0 aromatic heterocycles. The molecule has 1 aliphatic rings. The van der Waals surface area contributed by atoms with Gasteiger partial charge in [-0.1, -0.05) is 0 Å². The van der Waals surface area contributed by atoms with Crippen molar-refractivity contribution >= 4 is 5.96 Å². The molecule has 118 valence electrons. The number of morpholine rings is 1. The Hall–Kier alpha value is -0.850. The number of ether oxygens (including phenoxy) is 2. The number of hydrogen-bond acceptors (Lipinski definition) is 4. The zero-order valence-electron chi connectivity index (χ0n) is 13.2. The summed E-state index contributed by atoms with van der Waals surface area (Å²) in [6.07, 6.45) is 1.06. The van der Waals surface area contributed by atoms with Gasteiger partial charge in [-0.3, -0.25) is 9.89 Å². The molecule has 0 radical (unpaired) electrons. The molecule has 0 aliphatic carbocycles. The van der Waals surface area contributed by atoms with Gasteiger partial charge in [0, 0.05) is 26.2 Å². The van der Waals surface area contributed by atoms with Crippen LogP contribution in [0.3, 0.4) is 0 Å². The van der Waals surface area contributed by atoms with Crippen molar-refractivity contribution in [2.45, 2.75) is 32.8 Å². The number of nitrogens with zero attached hydrogens (tertiary/aromatic N) is 2. The summed E-state index contributed by atoms with van der Waals surface area (Å²) < 4.78 is 10.9. The van der Waals surface area contributed by atoms with Crippen molar-refractivity contribution in [2.75, 3.05) is 52.5 Å². The maximum Gasteiger partial charge on any atom is 0.188 e. The van der Waals surface area contributed by atoms with Gasteiger partial charge in [0.1, 0.15) is 0 Å². The lowest BCUT2D eigenvalue weighted by molar-refractivity contribution is -0.00215. The van der Waals surface area contributed by atoms with E-state index in [-0.39, 0.29) is 5.60 Å². The summed E-state index contributed by atoms with van der Waals surface area (Å²) >= 11 is 0. The molecule has 0 aromatic rings. The van der Waals surface area contributed by atoms with Crippen LogP contribution in [-0.2, 0) is 9.47 Å². The minimum Gasteiger partial charge on any atom is -0.379 e. The molecule has 0 saturated carbocycles. The predicted octanol–water partition coefficient (Wildman–Crippen LogP) is 0.428. The molecule has 1 aliphatic heterocycles. The highest BCUT2D eigenvalue weighted by molar-refractivity contribution is 5.77. The molecule has 0 bridgehead atoms. The zero-order chi connectivity index (χ0) is 14.8. The third-order valence-electron chi connectivity index (χ3n) is 3.23. The molecule has 0 amide bonds. The Bertz CT molecular complexity index is 289. The van der Waals surface area contributed by atoms with Crippen molar-refractivity contribution < 1.29 is 9.47 Å². The van der Waals surface area contributed by atoms with E-state index in [0.717, 1.165) is 45.8 Å². The van der Waals surface area contributed by atoms with Crippen LogP contribution in [0.1, 0.15) is 27.2 Å². The van der Waals surface area contributed by atoms with E-state index >= 15 is 0 Å². The number of rotatable bonds is 8. The van der Waals surface area contributed by atoms with Crippen LogP contribution in [0.25, 0.3) is 0 Å². The van der Waals surface area contributed by atoms with Gasteiger partial charge in [-0.25, -0.2) is 0 Å². The summed E-state index contributed by atoms with van der Waals surface area (Å²) in [6.45, 7) is 13.0. The summed E-state index contributed by atoms with van der Waals surface area (Å²) in [7, 11) is 0. The molecule has 0 atom stereocenters. The molecule has 0 aromatic carbocycles. The predicted molar refractivity (Wildman–Crippen MR) is 82.1 cm³/mol. The summed E-state index contributed by atoms with van der Waals surface area (Å²) in [5, 5.41) is 3.15. The normalized spacial score (nSPS) is 18.2. The second-order valence-corrected chi connectivity index (χ2v) is 5.63. The Kier molecular flexibility index (Phi) is 7.87. The fraction of sp³-hybridized carbons (Fsp3) is 0.929. The van der Waals surface area contributed by atoms with Gasteiger partial charge in [0.25, 0.3) is 0 Å². The van der Waals surface area contributed by atoms with Crippen molar-refractivity contribution in [1.29, 1.82) is 0 Å². The zero-order valence-corrected chi connectivity index (χ0v) is 13.2. The van der Waals surface area contributed by atoms with Crippen molar-refractivity contribution in [3.05, 3.63) is 0 Å². The van der Waals surface area contributed by atoms with E-state index in [1.807, 2.05) is 20.8 Å². The molecule has 1 saturated heterocycles. The molecule has 1 fully saturated rings. The molecule has 3 N–H and O–H groups in total. The Balaban J connectivity index is 2.10. The van der Waals surface area contributed by atoms with E-state index in [1.165, 1.54) is 0 Å². The first-order chi connectivity index (χ1) is 9.53. The van der Waals surface area contributed by atoms with Crippen LogP contribution >= 0.6 is 0 Å². The van der Waals surface area contributed by atoms with E-state index in [2.05, 4.69) is 15.2 Å². The van der Waals surface area contributed by atoms with Gasteiger partial charge in [0.15, 0.2) is 5.96 Å². The summed E-state index contributed by atoms with van der Waals surface area (Å²) in [6, 6.07) is 0. The quantitative estimate of drug-likeness (QED) is 0.384. The van der Waals surface area contributed by atoms with Crippen molar-refractivity contribution in [3.63, 3.8) is 0 Å². The first kappa shape index (κ1) is 17.2. The average Bonchev–Trinajstić information content (AvgIpc) is 2.43. The standard InChI is InChI=1S/C14H30N4O2/c1-4-20-14(2,3)12-17-13(15)16-6-5-7-18-8-10-19-11-9-18/h4-12H2,1-3H3,(H3,15,16,17). The Morgan fingerprint density at radius 1 is 1.40 bits per heavy atom. The lowest BCUT2D eigenvalue weighted by Crippen LogP contribution is -2.39. The number of nitrogens with two attached hydrogens (primary N) is 1. The van der Waals surface area contributed by atoms with E-state index in [0.29, 0.717) is 19.1 Å². The van der Waals surface area contributed by atoms with Crippen LogP contribution in [0.4, 0.5) is 0 Å². The van der Waals surface area contributed by atoms with Crippen LogP contribution in [0.15, 0.2) is 4.99 Å². The van der Waals surface area contributed by atoms with Crippen LogP contribution in [-0.4, -0.2) is 69.0 Å². The van der Waals surface area contributed by atoms with E-state index in [1.54, 1.807) is 0 Å². The second-order valence-electron chi connectivity index (χ2n) is 5.63. The molecule has 20 heavy (non-hydrogen) atoms. The van der Waals surface area contributed by atoms with Crippen LogP contribution in [0, 0.1) is 0 Å². The lowest BCUT2D eigenvalue weighted by atomic mass is 10.1. The molecular weight excluding hydrogens is 256 g/mol. The SMILES string of the molecule is CCOC(C)(C)CN=C(N)NCCCN1CCOCC1. The third-order valence-corrected chi connectivity index (χ3v) is 3.23. The third kappa shape index (κ3) is 7.67. The molecule has 6 heteroatoms. The van der Waals surface area contributed by atoms with Crippen molar-refractivity contribution in [2.24, 2.45) is 10.7 Å². The maximum atomic E-state index is 5.85. The second kappa shape index (κ2) is 9.15. The molecule has 0 unspecified atom stereocenters. The van der Waals surface area contributed by atoms with E-state index < -0.39 is 0 Å². The van der Waals surface area contributed by atoms with Gasteiger partial charge in [-0.2, -0.15) is 0 Å². The first-order valence-corrected chi connectivity index (χ1v) is 7.51. The molecule has 6 nitrogen and oxygen atoms in total.